The summed E-state index contributed by atoms with van der Waals surface area (Å²) in [6.45, 7) is 7.97. The van der Waals surface area contributed by atoms with Crippen molar-refractivity contribution >= 4 is 35.1 Å². The lowest BCUT2D eigenvalue weighted by Gasteiger charge is -2.12. The van der Waals surface area contributed by atoms with Crippen LogP contribution in [0.3, 0.4) is 0 Å². The molecule has 0 saturated carbocycles. The van der Waals surface area contributed by atoms with Crippen LogP contribution in [0, 0.1) is 6.92 Å². The number of aryl methyl sites for hydroxylation is 1. The minimum Gasteiger partial charge on any atom is -0.469 e. The van der Waals surface area contributed by atoms with Gasteiger partial charge in [0.25, 0.3) is 0 Å². The Balaban J connectivity index is 1.77. The van der Waals surface area contributed by atoms with Gasteiger partial charge < -0.3 is 9.73 Å². The van der Waals surface area contributed by atoms with Gasteiger partial charge in [-0.05, 0) is 32.0 Å². The van der Waals surface area contributed by atoms with Gasteiger partial charge in [-0.15, -0.1) is 16.8 Å². The van der Waals surface area contributed by atoms with Crippen molar-refractivity contribution in [1.29, 1.82) is 0 Å². The van der Waals surface area contributed by atoms with Crippen LogP contribution in [0.5, 0.6) is 0 Å². The third-order valence-corrected chi connectivity index (χ3v) is 5.06. The van der Waals surface area contributed by atoms with Gasteiger partial charge in [0.2, 0.25) is 5.91 Å². The largest absolute Gasteiger partial charge is 0.469 e. The summed E-state index contributed by atoms with van der Waals surface area (Å²) in [6.07, 6.45) is 4.85. The lowest BCUT2D eigenvalue weighted by atomic mass is 10.2. The Bertz CT molecular complexity index is 951. The zero-order valence-corrected chi connectivity index (χ0v) is 16.4. The van der Waals surface area contributed by atoms with Crippen LogP contribution in [0.1, 0.15) is 12.7 Å². The second-order valence-electron chi connectivity index (χ2n) is 5.71. The van der Waals surface area contributed by atoms with Crippen LogP contribution in [-0.4, -0.2) is 30.9 Å². The molecule has 0 aliphatic heterocycles. The maximum Gasteiger partial charge on any atom is 0.238 e. The quantitative estimate of drug-likeness (QED) is 0.470. The highest BCUT2D eigenvalue weighted by Crippen LogP contribution is 2.29. The van der Waals surface area contributed by atoms with Crippen molar-refractivity contribution in [2.45, 2.75) is 30.8 Å². The fourth-order valence-corrected chi connectivity index (χ4v) is 3.35. The number of anilines is 1. The van der Waals surface area contributed by atoms with E-state index in [-0.39, 0.29) is 5.91 Å². The molecule has 0 fully saturated rings. The first-order chi connectivity index (χ1) is 13.0. The average molecular weight is 404 g/mol. The zero-order valence-electron chi connectivity index (χ0n) is 14.8. The van der Waals surface area contributed by atoms with E-state index in [0.717, 1.165) is 11.3 Å². The van der Waals surface area contributed by atoms with E-state index in [9.17, 15) is 4.79 Å². The van der Waals surface area contributed by atoms with E-state index in [2.05, 4.69) is 27.1 Å². The molecule has 0 bridgehead atoms. The Kier molecular flexibility index (Phi) is 5.98. The molecule has 7 nitrogen and oxygen atoms in total. The second-order valence-corrected chi connectivity index (χ2v) is 7.45. The average Bonchev–Trinajstić information content (AvgIpc) is 3.23. The fourth-order valence-electron chi connectivity index (χ4n) is 2.38. The molecule has 0 aliphatic carbocycles. The van der Waals surface area contributed by atoms with Crippen LogP contribution in [0.4, 0.5) is 5.82 Å². The molecule has 0 aromatic carbocycles. The van der Waals surface area contributed by atoms with E-state index in [0.29, 0.717) is 28.4 Å². The molecule has 140 valence electrons. The number of nitrogens with one attached hydrogen (secondary N) is 1. The minimum absolute atomic E-state index is 0.191. The maximum absolute atomic E-state index is 12.5. The van der Waals surface area contributed by atoms with E-state index >= 15 is 0 Å². The second kappa shape index (κ2) is 8.41. The molecule has 3 aromatic rings. The number of allylic oxidation sites excluding steroid dienone is 1. The molecule has 1 N–H and O–H groups in total. The maximum atomic E-state index is 12.5. The first-order valence-electron chi connectivity index (χ1n) is 8.17. The summed E-state index contributed by atoms with van der Waals surface area (Å²) in [6, 6.07) is 5.16. The number of carbonyl (C=O) groups is 1. The third-order valence-electron chi connectivity index (χ3n) is 3.76. The number of carbonyl (C=O) groups excluding carboxylic acids is 1. The number of nitrogens with zero attached hydrogens (tertiary/aromatic N) is 4. The minimum atomic E-state index is -0.409. The van der Waals surface area contributed by atoms with Crippen molar-refractivity contribution in [3.63, 3.8) is 0 Å². The molecule has 9 heteroatoms. The van der Waals surface area contributed by atoms with Gasteiger partial charge in [-0.25, -0.2) is 4.98 Å². The predicted molar refractivity (Wildman–Crippen MR) is 106 cm³/mol. The Morgan fingerprint density at radius 1 is 1.44 bits per heavy atom. The normalized spacial score (nSPS) is 12.0. The number of furan rings is 1. The summed E-state index contributed by atoms with van der Waals surface area (Å²) in [5, 5.41) is 12.0. The van der Waals surface area contributed by atoms with E-state index in [4.69, 9.17) is 16.0 Å². The molecular formula is C18H18ClN5O2S. The SMILES string of the molecule is C=CCn1c(SC(C)C(=O)Nc2ccc(Cl)cn2)nnc1-c1ccoc1C. The predicted octanol–water partition coefficient (Wildman–Crippen LogP) is 4.20. The van der Waals surface area contributed by atoms with Gasteiger partial charge in [0.05, 0.1) is 22.1 Å². The van der Waals surface area contributed by atoms with E-state index in [1.54, 1.807) is 31.4 Å². The molecule has 0 aliphatic rings. The van der Waals surface area contributed by atoms with Crippen molar-refractivity contribution in [1.82, 2.24) is 19.7 Å². The van der Waals surface area contributed by atoms with Gasteiger partial charge >= 0.3 is 0 Å². The Hall–Kier alpha value is -2.58. The summed E-state index contributed by atoms with van der Waals surface area (Å²) < 4.78 is 7.26. The van der Waals surface area contributed by atoms with Crippen LogP contribution < -0.4 is 5.32 Å². The first kappa shape index (κ1) is 19.2. The van der Waals surface area contributed by atoms with Crippen LogP contribution in [0.2, 0.25) is 5.02 Å². The molecular weight excluding hydrogens is 386 g/mol. The molecule has 0 spiro atoms. The summed E-state index contributed by atoms with van der Waals surface area (Å²) in [7, 11) is 0. The molecule has 3 heterocycles. The van der Waals surface area contributed by atoms with Gasteiger partial charge in [0.15, 0.2) is 11.0 Å². The number of hydrogen-bond acceptors (Lipinski definition) is 6. The fraction of sp³-hybridized carbons (Fsp3) is 0.222. The summed E-state index contributed by atoms with van der Waals surface area (Å²) in [5.74, 6) is 1.68. The monoisotopic (exact) mass is 403 g/mol. The summed E-state index contributed by atoms with van der Waals surface area (Å²) in [5.41, 5.74) is 0.860. The molecule has 1 amide bonds. The lowest BCUT2D eigenvalue weighted by molar-refractivity contribution is -0.115. The smallest absolute Gasteiger partial charge is 0.238 e. The number of rotatable bonds is 7. The highest BCUT2D eigenvalue weighted by Gasteiger charge is 2.22. The molecule has 27 heavy (non-hydrogen) atoms. The van der Waals surface area contributed by atoms with Crippen LogP contribution in [0.25, 0.3) is 11.4 Å². The number of amides is 1. The molecule has 1 atom stereocenters. The van der Waals surface area contributed by atoms with Gasteiger partial charge in [0, 0.05) is 12.7 Å². The van der Waals surface area contributed by atoms with Crippen molar-refractivity contribution in [2.75, 3.05) is 5.32 Å². The van der Waals surface area contributed by atoms with Gasteiger partial charge in [0.1, 0.15) is 11.6 Å². The highest BCUT2D eigenvalue weighted by molar-refractivity contribution is 8.00. The van der Waals surface area contributed by atoms with E-state index < -0.39 is 5.25 Å². The Labute approximate surface area is 165 Å². The van der Waals surface area contributed by atoms with Crippen LogP contribution in [-0.2, 0) is 11.3 Å². The molecule has 3 rings (SSSR count). The lowest BCUT2D eigenvalue weighted by Crippen LogP contribution is -2.23. The van der Waals surface area contributed by atoms with Crippen LogP contribution in [0.15, 0.2) is 52.9 Å². The molecule has 1 unspecified atom stereocenters. The molecule has 0 radical (unpaired) electrons. The van der Waals surface area contributed by atoms with E-state index in [1.165, 1.54) is 18.0 Å². The summed E-state index contributed by atoms with van der Waals surface area (Å²) >= 11 is 7.12. The van der Waals surface area contributed by atoms with Gasteiger partial charge in [-0.3, -0.25) is 9.36 Å². The topological polar surface area (TPSA) is 85.8 Å². The Morgan fingerprint density at radius 3 is 2.89 bits per heavy atom. The molecule has 3 aromatic heterocycles. The van der Waals surface area contributed by atoms with Gasteiger partial charge in [-0.2, -0.15) is 0 Å². The third kappa shape index (κ3) is 4.40. The molecule has 0 saturated heterocycles. The standard InChI is InChI=1S/C18H18ClN5O2S/c1-4-8-24-16(14-7-9-26-11(14)2)22-23-18(24)27-12(3)17(25)21-15-6-5-13(19)10-20-15/h4-7,9-10,12H,1,8H2,2-3H3,(H,20,21,25). The highest BCUT2D eigenvalue weighted by atomic mass is 35.5. The number of hydrogen-bond donors (Lipinski definition) is 1. The number of pyridine rings is 1. The van der Waals surface area contributed by atoms with Crippen molar-refractivity contribution < 1.29 is 9.21 Å². The van der Waals surface area contributed by atoms with Crippen molar-refractivity contribution in [3.8, 4) is 11.4 Å². The van der Waals surface area contributed by atoms with Crippen LogP contribution >= 0.6 is 23.4 Å². The van der Waals surface area contributed by atoms with Crippen molar-refractivity contribution in [3.05, 3.63) is 54.1 Å². The number of halogens is 1. The van der Waals surface area contributed by atoms with E-state index in [1.807, 2.05) is 17.6 Å². The zero-order chi connectivity index (χ0) is 19.4. The Morgan fingerprint density at radius 2 is 2.26 bits per heavy atom. The number of aromatic nitrogens is 4. The first-order valence-corrected chi connectivity index (χ1v) is 9.43. The summed E-state index contributed by atoms with van der Waals surface area (Å²) in [4.78, 5) is 16.5. The number of thioether (sulfide) groups is 1. The van der Waals surface area contributed by atoms with Gasteiger partial charge in [-0.1, -0.05) is 29.4 Å². The van der Waals surface area contributed by atoms with Crippen molar-refractivity contribution in [2.24, 2.45) is 0 Å².